The molecular weight excluding hydrogens is 388 g/mol. The number of hydrazine groups is 1. The Labute approximate surface area is 174 Å². The normalized spacial score (nSPS) is 11.9. The van der Waals surface area contributed by atoms with Crippen LogP contribution in [0.1, 0.15) is 35.7 Å². The molecule has 0 saturated heterocycles. The Morgan fingerprint density at radius 2 is 1.90 bits per heavy atom. The van der Waals surface area contributed by atoms with Crippen LogP contribution in [0.2, 0.25) is 0 Å². The first kappa shape index (κ1) is 21.0. The zero-order chi connectivity index (χ0) is 21.3. The van der Waals surface area contributed by atoms with E-state index < -0.39 is 11.8 Å². The van der Waals surface area contributed by atoms with Crippen molar-refractivity contribution in [1.82, 2.24) is 10.9 Å². The van der Waals surface area contributed by atoms with E-state index in [-0.39, 0.29) is 6.79 Å². The highest BCUT2D eigenvalue weighted by atomic mass is 16.7. The first-order valence-corrected chi connectivity index (χ1v) is 9.59. The number of unbranched alkanes of at least 4 members (excludes halogenated alkanes) is 1. The molecule has 158 valence electrons. The summed E-state index contributed by atoms with van der Waals surface area (Å²) in [6.45, 7) is 2.84. The van der Waals surface area contributed by atoms with Crippen molar-refractivity contribution in [3.63, 3.8) is 0 Å². The van der Waals surface area contributed by atoms with Crippen molar-refractivity contribution in [2.24, 2.45) is 0 Å². The molecule has 1 aliphatic heterocycles. The van der Waals surface area contributed by atoms with Gasteiger partial charge in [0.1, 0.15) is 0 Å². The lowest BCUT2D eigenvalue weighted by molar-refractivity contribution is -0.117. The van der Waals surface area contributed by atoms with Crippen LogP contribution < -0.4 is 29.8 Å². The van der Waals surface area contributed by atoms with E-state index in [1.165, 1.54) is 6.08 Å². The molecule has 0 fully saturated rings. The van der Waals surface area contributed by atoms with Crippen LogP contribution >= 0.6 is 0 Å². The molecule has 8 heteroatoms. The van der Waals surface area contributed by atoms with Crippen LogP contribution in [0.15, 0.2) is 42.5 Å². The molecule has 0 aliphatic carbocycles. The Morgan fingerprint density at radius 1 is 1.07 bits per heavy atom. The Bertz CT molecular complexity index is 941. The number of rotatable bonds is 8. The fraction of sp³-hybridized carbons (Fsp3) is 0.273. The molecule has 2 aromatic carbocycles. The van der Waals surface area contributed by atoms with Crippen molar-refractivity contribution in [3.8, 4) is 23.0 Å². The SMILES string of the molecule is CCCCOc1ccc(/C=C/C(=O)NNC(=O)c2ccc3c(c2)OCO3)cc1OC. The first-order chi connectivity index (χ1) is 14.6. The highest BCUT2D eigenvalue weighted by Crippen LogP contribution is 2.32. The van der Waals surface area contributed by atoms with Gasteiger partial charge in [-0.3, -0.25) is 20.4 Å². The number of benzene rings is 2. The topological polar surface area (TPSA) is 95.1 Å². The minimum absolute atomic E-state index is 0.124. The van der Waals surface area contributed by atoms with Gasteiger partial charge in [-0.15, -0.1) is 0 Å². The number of hydrogen-bond donors (Lipinski definition) is 2. The maximum Gasteiger partial charge on any atom is 0.269 e. The lowest BCUT2D eigenvalue weighted by Crippen LogP contribution is -2.40. The first-order valence-electron chi connectivity index (χ1n) is 9.59. The van der Waals surface area contributed by atoms with E-state index in [1.54, 1.807) is 43.5 Å². The van der Waals surface area contributed by atoms with Crippen molar-refractivity contribution in [3.05, 3.63) is 53.6 Å². The van der Waals surface area contributed by atoms with Gasteiger partial charge < -0.3 is 18.9 Å². The van der Waals surface area contributed by atoms with Gasteiger partial charge in [0.2, 0.25) is 6.79 Å². The Morgan fingerprint density at radius 3 is 2.70 bits per heavy atom. The Balaban J connectivity index is 1.53. The number of nitrogens with one attached hydrogen (secondary N) is 2. The fourth-order valence-corrected chi connectivity index (χ4v) is 2.68. The van der Waals surface area contributed by atoms with E-state index >= 15 is 0 Å². The molecule has 1 heterocycles. The van der Waals surface area contributed by atoms with Crippen molar-refractivity contribution in [1.29, 1.82) is 0 Å². The number of hydrogen-bond acceptors (Lipinski definition) is 6. The number of fused-ring (bicyclic) bond motifs is 1. The molecule has 0 unspecified atom stereocenters. The minimum Gasteiger partial charge on any atom is -0.493 e. The van der Waals surface area contributed by atoms with Gasteiger partial charge in [0.05, 0.1) is 13.7 Å². The molecule has 8 nitrogen and oxygen atoms in total. The lowest BCUT2D eigenvalue weighted by Gasteiger charge is -2.11. The van der Waals surface area contributed by atoms with E-state index in [0.29, 0.717) is 35.2 Å². The quantitative estimate of drug-likeness (QED) is 0.393. The molecule has 0 aromatic heterocycles. The highest BCUT2D eigenvalue weighted by Gasteiger charge is 2.16. The molecule has 1 aliphatic rings. The molecule has 2 N–H and O–H groups in total. The van der Waals surface area contributed by atoms with Crippen LogP contribution in [-0.4, -0.2) is 32.3 Å². The van der Waals surface area contributed by atoms with Crippen LogP contribution in [0, 0.1) is 0 Å². The van der Waals surface area contributed by atoms with Gasteiger partial charge in [0.25, 0.3) is 11.8 Å². The number of methoxy groups -OCH3 is 1. The number of ether oxygens (including phenoxy) is 4. The smallest absolute Gasteiger partial charge is 0.269 e. The average Bonchev–Trinajstić information content (AvgIpc) is 3.24. The molecule has 0 atom stereocenters. The Kier molecular flexibility index (Phi) is 7.15. The van der Waals surface area contributed by atoms with E-state index in [9.17, 15) is 9.59 Å². The van der Waals surface area contributed by atoms with E-state index in [2.05, 4.69) is 17.8 Å². The fourth-order valence-electron chi connectivity index (χ4n) is 2.68. The molecule has 0 radical (unpaired) electrons. The number of carbonyl (C=O) groups excluding carboxylic acids is 2. The minimum atomic E-state index is -0.480. The van der Waals surface area contributed by atoms with Gasteiger partial charge in [0, 0.05) is 11.6 Å². The monoisotopic (exact) mass is 412 g/mol. The molecule has 0 saturated carbocycles. The van der Waals surface area contributed by atoms with Gasteiger partial charge in [-0.2, -0.15) is 0 Å². The molecule has 2 aromatic rings. The van der Waals surface area contributed by atoms with Crippen molar-refractivity contribution < 1.29 is 28.5 Å². The van der Waals surface area contributed by atoms with Crippen molar-refractivity contribution in [2.45, 2.75) is 19.8 Å². The second-order valence-electron chi connectivity index (χ2n) is 6.46. The van der Waals surface area contributed by atoms with Crippen LogP contribution in [-0.2, 0) is 4.79 Å². The van der Waals surface area contributed by atoms with Crippen LogP contribution in [0.25, 0.3) is 6.08 Å². The summed E-state index contributed by atoms with van der Waals surface area (Å²) in [7, 11) is 1.56. The standard InChI is InChI=1S/C22H24N2O6/c1-3-4-11-28-17-8-5-15(12-19(17)27-2)6-10-21(25)23-24-22(26)16-7-9-18-20(13-16)30-14-29-18/h5-10,12-13H,3-4,11,14H2,1-2H3,(H,23,25)(H,24,26)/b10-6+. The van der Waals surface area contributed by atoms with Crippen molar-refractivity contribution in [2.75, 3.05) is 20.5 Å². The van der Waals surface area contributed by atoms with E-state index in [4.69, 9.17) is 18.9 Å². The summed E-state index contributed by atoms with van der Waals surface area (Å²) in [4.78, 5) is 24.2. The van der Waals surface area contributed by atoms with E-state index in [1.807, 2.05) is 6.07 Å². The third-order valence-corrected chi connectivity index (χ3v) is 4.30. The van der Waals surface area contributed by atoms with Gasteiger partial charge >= 0.3 is 0 Å². The van der Waals surface area contributed by atoms with Crippen molar-refractivity contribution >= 4 is 17.9 Å². The maximum atomic E-state index is 12.2. The second kappa shape index (κ2) is 10.2. The summed E-state index contributed by atoms with van der Waals surface area (Å²) in [6.07, 6.45) is 4.93. The van der Waals surface area contributed by atoms with Crippen LogP contribution in [0.3, 0.4) is 0 Å². The highest BCUT2D eigenvalue weighted by molar-refractivity contribution is 5.98. The lowest BCUT2D eigenvalue weighted by atomic mass is 10.2. The Hall–Kier alpha value is -3.68. The zero-order valence-corrected chi connectivity index (χ0v) is 16.9. The second-order valence-corrected chi connectivity index (χ2v) is 6.46. The predicted octanol–water partition coefficient (Wildman–Crippen LogP) is 3.08. The molecule has 0 bridgehead atoms. The third-order valence-electron chi connectivity index (χ3n) is 4.30. The summed E-state index contributed by atoms with van der Waals surface area (Å²) < 4.78 is 21.5. The summed E-state index contributed by atoms with van der Waals surface area (Å²) in [5.74, 6) is 1.37. The van der Waals surface area contributed by atoms with Gasteiger partial charge in [0.15, 0.2) is 23.0 Å². The summed E-state index contributed by atoms with van der Waals surface area (Å²) in [6, 6.07) is 10.2. The maximum absolute atomic E-state index is 12.2. The molecule has 3 rings (SSSR count). The predicted molar refractivity (Wildman–Crippen MR) is 111 cm³/mol. The average molecular weight is 412 g/mol. The molecule has 0 spiro atoms. The molecular formula is C22H24N2O6. The van der Waals surface area contributed by atoms with E-state index in [0.717, 1.165) is 18.4 Å². The van der Waals surface area contributed by atoms with Crippen LogP contribution in [0.5, 0.6) is 23.0 Å². The third kappa shape index (κ3) is 5.44. The summed E-state index contributed by atoms with van der Waals surface area (Å²) in [5.41, 5.74) is 5.79. The van der Waals surface area contributed by atoms with Gasteiger partial charge in [-0.05, 0) is 48.4 Å². The number of carbonyl (C=O) groups is 2. The molecule has 30 heavy (non-hydrogen) atoms. The summed E-state index contributed by atoms with van der Waals surface area (Å²) in [5, 5.41) is 0. The van der Waals surface area contributed by atoms with Gasteiger partial charge in [-0.25, -0.2) is 0 Å². The summed E-state index contributed by atoms with van der Waals surface area (Å²) >= 11 is 0. The number of amides is 2. The largest absolute Gasteiger partial charge is 0.493 e. The van der Waals surface area contributed by atoms with Crippen LogP contribution in [0.4, 0.5) is 0 Å². The molecule has 2 amide bonds. The zero-order valence-electron chi connectivity index (χ0n) is 16.9. The van der Waals surface area contributed by atoms with Gasteiger partial charge in [-0.1, -0.05) is 19.4 Å².